The van der Waals surface area contributed by atoms with E-state index < -0.39 is 0 Å². The Hall–Kier alpha value is -0.970. The molecule has 16 heavy (non-hydrogen) atoms. The Morgan fingerprint density at radius 3 is 3.00 bits per heavy atom. The van der Waals surface area contributed by atoms with Crippen LogP contribution in [0.5, 0.6) is 0 Å². The van der Waals surface area contributed by atoms with E-state index in [0.717, 1.165) is 31.6 Å². The Morgan fingerprint density at radius 2 is 2.19 bits per heavy atom. The van der Waals surface area contributed by atoms with Crippen LogP contribution in [0.25, 0.3) is 10.2 Å². The van der Waals surface area contributed by atoms with Crippen LogP contribution in [0.3, 0.4) is 0 Å². The Bertz CT molecular complexity index is 408. The van der Waals surface area contributed by atoms with Gasteiger partial charge in [-0.3, -0.25) is 0 Å². The first-order chi connectivity index (χ1) is 7.90. The monoisotopic (exact) mass is 236 g/mol. The minimum absolute atomic E-state index is 0.764. The maximum absolute atomic E-state index is 4.97. The highest BCUT2D eigenvalue weighted by atomic mass is 32.1. The van der Waals surface area contributed by atoms with Gasteiger partial charge in [-0.1, -0.05) is 12.1 Å². The smallest absolute Gasteiger partial charge is 0.0951 e. The van der Waals surface area contributed by atoms with Crippen LogP contribution in [-0.4, -0.2) is 31.8 Å². The molecule has 0 radical (unpaired) electrons. The lowest BCUT2D eigenvalue weighted by molar-refractivity contribution is 0.199. The average Bonchev–Trinajstić information content (AvgIpc) is 2.71. The molecule has 1 heterocycles. The van der Waals surface area contributed by atoms with Gasteiger partial charge < -0.3 is 10.1 Å². The Balaban J connectivity index is 1.85. The Labute approximate surface area is 99.5 Å². The van der Waals surface area contributed by atoms with Crippen LogP contribution in [0.15, 0.2) is 24.3 Å². The summed E-state index contributed by atoms with van der Waals surface area (Å²) in [5.74, 6) is 0. The molecule has 1 N–H and O–H groups in total. The van der Waals surface area contributed by atoms with Crippen LogP contribution in [0.1, 0.15) is 5.01 Å². The Kier molecular flexibility index (Phi) is 4.27. The molecule has 0 fully saturated rings. The van der Waals surface area contributed by atoms with E-state index in [1.54, 1.807) is 18.4 Å². The highest BCUT2D eigenvalue weighted by Crippen LogP contribution is 2.21. The van der Waals surface area contributed by atoms with Crippen molar-refractivity contribution in [2.24, 2.45) is 0 Å². The zero-order valence-corrected chi connectivity index (χ0v) is 10.2. The first-order valence-electron chi connectivity index (χ1n) is 5.44. The highest BCUT2D eigenvalue weighted by molar-refractivity contribution is 7.18. The molecule has 0 spiro atoms. The van der Waals surface area contributed by atoms with E-state index in [4.69, 9.17) is 4.74 Å². The Morgan fingerprint density at radius 1 is 1.31 bits per heavy atom. The van der Waals surface area contributed by atoms with Gasteiger partial charge in [-0.15, -0.1) is 11.3 Å². The number of thiazole rings is 1. The van der Waals surface area contributed by atoms with Crippen molar-refractivity contribution in [1.82, 2.24) is 10.3 Å². The number of nitrogens with zero attached hydrogens (tertiary/aromatic N) is 1. The first-order valence-corrected chi connectivity index (χ1v) is 6.26. The van der Waals surface area contributed by atoms with Gasteiger partial charge in [-0.25, -0.2) is 4.98 Å². The molecule has 86 valence electrons. The van der Waals surface area contributed by atoms with Crippen LogP contribution >= 0.6 is 11.3 Å². The fourth-order valence-corrected chi connectivity index (χ4v) is 2.49. The van der Waals surface area contributed by atoms with E-state index in [0.29, 0.717) is 0 Å². The van der Waals surface area contributed by atoms with E-state index in [9.17, 15) is 0 Å². The van der Waals surface area contributed by atoms with Crippen LogP contribution in [0.2, 0.25) is 0 Å². The van der Waals surface area contributed by atoms with Gasteiger partial charge >= 0.3 is 0 Å². The lowest BCUT2D eigenvalue weighted by Crippen LogP contribution is -2.21. The maximum Gasteiger partial charge on any atom is 0.0951 e. The quantitative estimate of drug-likeness (QED) is 0.780. The standard InChI is InChI=1S/C12H16N2OS/c1-15-9-8-13-7-6-12-14-10-4-2-3-5-11(10)16-12/h2-5,13H,6-9H2,1H3. The summed E-state index contributed by atoms with van der Waals surface area (Å²) in [5.41, 5.74) is 1.11. The zero-order valence-electron chi connectivity index (χ0n) is 9.40. The van der Waals surface area contributed by atoms with Crippen molar-refractivity contribution in [3.63, 3.8) is 0 Å². The molecule has 3 nitrogen and oxygen atoms in total. The third-order valence-electron chi connectivity index (χ3n) is 2.34. The molecule has 1 aromatic heterocycles. The molecular formula is C12H16N2OS. The maximum atomic E-state index is 4.97. The summed E-state index contributed by atoms with van der Waals surface area (Å²) in [4.78, 5) is 4.58. The minimum Gasteiger partial charge on any atom is -0.383 e. The second-order valence-corrected chi connectivity index (χ2v) is 4.68. The topological polar surface area (TPSA) is 34.1 Å². The van der Waals surface area contributed by atoms with Gasteiger partial charge in [0.15, 0.2) is 0 Å². The van der Waals surface area contributed by atoms with Crippen molar-refractivity contribution in [2.45, 2.75) is 6.42 Å². The molecule has 0 bridgehead atoms. The summed E-state index contributed by atoms with van der Waals surface area (Å²) in [6.07, 6.45) is 0.989. The first kappa shape index (κ1) is 11.5. The second kappa shape index (κ2) is 5.94. The highest BCUT2D eigenvalue weighted by Gasteiger charge is 2.01. The van der Waals surface area contributed by atoms with Crippen molar-refractivity contribution in [3.8, 4) is 0 Å². The number of methoxy groups -OCH3 is 1. The van der Waals surface area contributed by atoms with Crippen molar-refractivity contribution in [2.75, 3.05) is 26.8 Å². The van der Waals surface area contributed by atoms with Gasteiger partial charge in [-0.2, -0.15) is 0 Å². The summed E-state index contributed by atoms with van der Waals surface area (Å²) in [7, 11) is 1.72. The third kappa shape index (κ3) is 3.01. The normalized spacial score (nSPS) is 11.1. The summed E-state index contributed by atoms with van der Waals surface area (Å²) in [6, 6.07) is 8.27. The number of para-hydroxylation sites is 1. The molecule has 0 saturated carbocycles. The van der Waals surface area contributed by atoms with Crippen LogP contribution < -0.4 is 5.32 Å². The van der Waals surface area contributed by atoms with Gasteiger partial charge in [-0.05, 0) is 12.1 Å². The van der Waals surface area contributed by atoms with Crippen LogP contribution in [0.4, 0.5) is 0 Å². The number of benzene rings is 1. The van der Waals surface area contributed by atoms with Crippen LogP contribution in [0, 0.1) is 0 Å². The molecule has 2 aromatic rings. The lowest BCUT2D eigenvalue weighted by Gasteiger charge is -2.01. The predicted octanol–water partition coefficient (Wildman–Crippen LogP) is 2.07. The molecule has 0 atom stereocenters. The molecule has 0 aliphatic rings. The number of nitrogens with one attached hydrogen (secondary N) is 1. The number of hydrogen-bond donors (Lipinski definition) is 1. The average molecular weight is 236 g/mol. The summed E-state index contributed by atoms with van der Waals surface area (Å²) in [6.45, 7) is 2.63. The summed E-state index contributed by atoms with van der Waals surface area (Å²) < 4.78 is 6.24. The zero-order chi connectivity index (χ0) is 11.2. The number of aromatic nitrogens is 1. The predicted molar refractivity (Wildman–Crippen MR) is 68.1 cm³/mol. The summed E-state index contributed by atoms with van der Waals surface area (Å²) >= 11 is 1.78. The number of rotatable bonds is 6. The fraction of sp³-hybridized carbons (Fsp3) is 0.417. The largest absolute Gasteiger partial charge is 0.383 e. The van der Waals surface area contributed by atoms with Gasteiger partial charge in [0, 0.05) is 26.6 Å². The van der Waals surface area contributed by atoms with Crippen molar-refractivity contribution >= 4 is 21.6 Å². The SMILES string of the molecule is COCCNCCc1nc2ccccc2s1. The molecule has 1 aromatic carbocycles. The van der Waals surface area contributed by atoms with Gasteiger partial charge in [0.25, 0.3) is 0 Å². The molecule has 2 rings (SSSR count). The van der Waals surface area contributed by atoms with E-state index in [1.165, 1.54) is 9.71 Å². The second-order valence-electron chi connectivity index (χ2n) is 3.57. The van der Waals surface area contributed by atoms with Crippen molar-refractivity contribution < 1.29 is 4.74 Å². The third-order valence-corrected chi connectivity index (χ3v) is 3.43. The van der Waals surface area contributed by atoms with Crippen molar-refractivity contribution in [3.05, 3.63) is 29.3 Å². The van der Waals surface area contributed by atoms with Gasteiger partial charge in [0.1, 0.15) is 0 Å². The van der Waals surface area contributed by atoms with Gasteiger partial charge in [0.05, 0.1) is 21.8 Å². The molecule has 0 aliphatic heterocycles. The van der Waals surface area contributed by atoms with Crippen LogP contribution in [-0.2, 0) is 11.2 Å². The molecule has 4 heteroatoms. The van der Waals surface area contributed by atoms with E-state index in [2.05, 4.69) is 28.5 Å². The molecular weight excluding hydrogens is 220 g/mol. The van der Waals surface area contributed by atoms with E-state index in [1.807, 2.05) is 6.07 Å². The molecule has 0 unspecified atom stereocenters. The molecule has 0 amide bonds. The van der Waals surface area contributed by atoms with Gasteiger partial charge in [0.2, 0.25) is 0 Å². The number of hydrogen-bond acceptors (Lipinski definition) is 4. The number of ether oxygens (including phenoxy) is 1. The van der Waals surface area contributed by atoms with E-state index in [-0.39, 0.29) is 0 Å². The fourth-order valence-electron chi connectivity index (χ4n) is 1.52. The summed E-state index contributed by atoms with van der Waals surface area (Å²) in [5, 5.41) is 4.52. The number of fused-ring (bicyclic) bond motifs is 1. The molecule has 0 saturated heterocycles. The van der Waals surface area contributed by atoms with E-state index >= 15 is 0 Å². The lowest BCUT2D eigenvalue weighted by atomic mass is 10.3. The minimum atomic E-state index is 0.764. The van der Waals surface area contributed by atoms with Crippen molar-refractivity contribution in [1.29, 1.82) is 0 Å². The molecule has 0 aliphatic carbocycles.